The molecule has 0 atom stereocenters. The molecule has 0 saturated heterocycles. The fourth-order valence-electron chi connectivity index (χ4n) is 1.09. The Kier molecular flexibility index (Phi) is 19.0. The van der Waals surface area contributed by atoms with Crippen LogP contribution in [0, 0.1) is 0 Å². The van der Waals surface area contributed by atoms with Crippen LogP contribution in [0.15, 0.2) is 0 Å². The van der Waals surface area contributed by atoms with Crippen molar-refractivity contribution in [2.75, 3.05) is 10.7 Å². The number of rotatable bonds is 10. The first-order valence-electron chi connectivity index (χ1n) is 6.10. The van der Waals surface area contributed by atoms with Gasteiger partial charge in [-0.25, -0.2) is 0 Å². The van der Waals surface area contributed by atoms with Gasteiger partial charge in [0.2, 0.25) is 0 Å². The molecule has 0 unspecified atom stereocenters. The Balaban J connectivity index is 0. The fraction of sp³-hybridized carbons (Fsp3) is 0.833. The average molecular weight is 390 g/mol. The van der Waals surface area contributed by atoms with Gasteiger partial charge in [0.1, 0.15) is 0 Å². The van der Waals surface area contributed by atoms with Gasteiger partial charge in [-0.2, -0.15) is 0 Å². The molecule has 0 heterocycles. The fourth-order valence-corrected chi connectivity index (χ4v) is 1.89. The molecule has 0 aromatic rings. The van der Waals surface area contributed by atoms with Crippen LogP contribution in [0.4, 0.5) is 0 Å². The summed E-state index contributed by atoms with van der Waals surface area (Å²) in [6, 6.07) is 0. The van der Waals surface area contributed by atoms with Crippen molar-refractivity contribution in [1.82, 2.24) is 0 Å². The molecule has 0 aliphatic heterocycles. The van der Waals surface area contributed by atoms with E-state index in [1.54, 1.807) is 0 Å². The van der Waals surface area contributed by atoms with Crippen LogP contribution in [-0.4, -0.2) is 32.8 Å². The standard InChI is InChI=1S/2C6H11BrO2/c2*7-5-3-1-2-4-6(8)9/h2*1-5H2,(H,8,9). The molecule has 0 aromatic carbocycles. The number of aliphatic carboxylic acids is 2. The topological polar surface area (TPSA) is 74.6 Å². The van der Waals surface area contributed by atoms with Gasteiger partial charge in [-0.3, -0.25) is 9.59 Å². The zero-order chi connectivity index (χ0) is 14.2. The second-order valence-corrected chi connectivity index (χ2v) is 5.37. The lowest BCUT2D eigenvalue weighted by Crippen LogP contribution is -1.93. The number of unbranched alkanes of at least 4 members (excludes halogenated alkanes) is 4. The van der Waals surface area contributed by atoms with Crippen molar-refractivity contribution in [2.24, 2.45) is 0 Å². The maximum atomic E-state index is 9.95. The zero-order valence-corrected chi connectivity index (χ0v) is 13.7. The van der Waals surface area contributed by atoms with Crippen LogP contribution in [0.3, 0.4) is 0 Å². The molecule has 6 heteroatoms. The number of hydrogen-bond donors (Lipinski definition) is 2. The van der Waals surface area contributed by atoms with Crippen LogP contribution in [0.25, 0.3) is 0 Å². The van der Waals surface area contributed by atoms with Crippen molar-refractivity contribution in [3.63, 3.8) is 0 Å². The molecule has 0 saturated carbocycles. The molecular weight excluding hydrogens is 368 g/mol. The van der Waals surface area contributed by atoms with Crippen molar-refractivity contribution in [2.45, 2.75) is 51.4 Å². The number of carboxylic acid groups (broad SMARTS) is 2. The largest absolute Gasteiger partial charge is 0.481 e. The summed E-state index contributed by atoms with van der Waals surface area (Å²) in [4.78, 5) is 19.9. The van der Waals surface area contributed by atoms with Crippen molar-refractivity contribution in [3.05, 3.63) is 0 Å². The molecular formula is C12H22Br2O4. The Morgan fingerprint density at radius 2 is 1.00 bits per heavy atom. The van der Waals surface area contributed by atoms with Crippen LogP contribution in [0.5, 0.6) is 0 Å². The van der Waals surface area contributed by atoms with Gasteiger partial charge in [-0.1, -0.05) is 44.7 Å². The van der Waals surface area contributed by atoms with Crippen LogP contribution in [0.1, 0.15) is 51.4 Å². The first kappa shape index (κ1) is 20.2. The predicted octanol–water partition coefficient (Wildman–Crippen LogP) is 4.05. The first-order chi connectivity index (χ1) is 8.54. The SMILES string of the molecule is O=C(O)CCCCCBr.O=C(O)CCCCCBr. The third kappa shape index (κ3) is 24.9. The van der Waals surface area contributed by atoms with Gasteiger partial charge in [0.25, 0.3) is 0 Å². The number of carboxylic acids is 2. The minimum absolute atomic E-state index is 0.312. The van der Waals surface area contributed by atoms with Crippen LogP contribution in [0.2, 0.25) is 0 Å². The third-order valence-electron chi connectivity index (χ3n) is 2.05. The summed E-state index contributed by atoms with van der Waals surface area (Å²) in [5, 5.41) is 18.4. The highest BCUT2D eigenvalue weighted by Gasteiger charge is 1.94. The van der Waals surface area contributed by atoms with Crippen LogP contribution in [-0.2, 0) is 9.59 Å². The summed E-state index contributed by atoms with van der Waals surface area (Å²) in [5.41, 5.74) is 0. The van der Waals surface area contributed by atoms with E-state index in [1.165, 1.54) is 0 Å². The predicted molar refractivity (Wildman–Crippen MR) is 79.8 cm³/mol. The zero-order valence-electron chi connectivity index (χ0n) is 10.5. The summed E-state index contributed by atoms with van der Waals surface area (Å²) >= 11 is 6.54. The van der Waals surface area contributed by atoms with E-state index in [2.05, 4.69) is 31.9 Å². The Hall–Kier alpha value is -0.100. The van der Waals surface area contributed by atoms with E-state index in [0.717, 1.165) is 49.2 Å². The Bertz CT molecular complexity index is 188. The highest BCUT2D eigenvalue weighted by Crippen LogP contribution is 2.01. The van der Waals surface area contributed by atoms with Gasteiger partial charge in [0.05, 0.1) is 0 Å². The van der Waals surface area contributed by atoms with Gasteiger partial charge >= 0.3 is 11.9 Å². The number of carbonyl (C=O) groups is 2. The second-order valence-electron chi connectivity index (χ2n) is 3.79. The number of alkyl halides is 2. The smallest absolute Gasteiger partial charge is 0.303 e. The normalized spacial score (nSPS) is 9.44. The molecule has 18 heavy (non-hydrogen) atoms. The Morgan fingerprint density at radius 1 is 0.667 bits per heavy atom. The number of halogens is 2. The lowest BCUT2D eigenvalue weighted by molar-refractivity contribution is -0.138. The summed E-state index contributed by atoms with van der Waals surface area (Å²) in [6.07, 6.45) is 6.41. The van der Waals surface area contributed by atoms with Crippen LogP contribution < -0.4 is 0 Å². The van der Waals surface area contributed by atoms with Gasteiger partial charge in [0.15, 0.2) is 0 Å². The number of hydrogen-bond acceptors (Lipinski definition) is 2. The molecule has 0 aromatic heterocycles. The van der Waals surface area contributed by atoms with E-state index in [0.29, 0.717) is 12.8 Å². The molecule has 0 aliphatic carbocycles. The first-order valence-corrected chi connectivity index (χ1v) is 8.34. The molecule has 0 bridgehead atoms. The van der Waals surface area contributed by atoms with Gasteiger partial charge < -0.3 is 10.2 Å². The maximum absolute atomic E-state index is 9.95. The summed E-state index contributed by atoms with van der Waals surface area (Å²) in [6.45, 7) is 0. The average Bonchev–Trinajstić information content (AvgIpc) is 2.31. The monoisotopic (exact) mass is 388 g/mol. The Morgan fingerprint density at radius 3 is 1.22 bits per heavy atom. The van der Waals surface area contributed by atoms with E-state index in [4.69, 9.17) is 10.2 Å². The minimum atomic E-state index is -0.690. The van der Waals surface area contributed by atoms with E-state index in [-0.39, 0.29) is 0 Å². The summed E-state index contributed by atoms with van der Waals surface area (Å²) < 4.78 is 0. The lowest BCUT2D eigenvalue weighted by atomic mass is 10.2. The van der Waals surface area contributed by atoms with E-state index < -0.39 is 11.9 Å². The molecule has 0 rings (SSSR count). The molecule has 108 valence electrons. The van der Waals surface area contributed by atoms with Crippen molar-refractivity contribution < 1.29 is 19.8 Å². The van der Waals surface area contributed by atoms with Crippen molar-refractivity contribution in [1.29, 1.82) is 0 Å². The minimum Gasteiger partial charge on any atom is -0.481 e. The van der Waals surface area contributed by atoms with E-state index in [9.17, 15) is 9.59 Å². The highest BCUT2D eigenvalue weighted by atomic mass is 79.9. The summed E-state index contributed by atoms with van der Waals surface area (Å²) in [5.74, 6) is -1.38. The molecule has 0 aliphatic rings. The molecule has 4 nitrogen and oxygen atoms in total. The highest BCUT2D eigenvalue weighted by molar-refractivity contribution is 9.09. The van der Waals surface area contributed by atoms with E-state index >= 15 is 0 Å². The maximum Gasteiger partial charge on any atom is 0.303 e. The van der Waals surface area contributed by atoms with Gasteiger partial charge in [0, 0.05) is 23.5 Å². The molecule has 2 N–H and O–H groups in total. The molecule has 0 fully saturated rings. The van der Waals surface area contributed by atoms with Gasteiger partial charge in [-0.15, -0.1) is 0 Å². The Labute approximate surface area is 125 Å². The molecule has 0 spiro atoms. The second kappa shape index (κ2) is 16.9. The molecule has 0 amide bonds. The third-order valence-corrected chi connectivity index (χ3v) is 3.17. The molecule has 0 radical (unpaired) electrons. The van der Waals surface area contributed by atoms with Crippen molar-refractivity contribution >= 4 is 43.8 Å². The lowest BCUT2D eigenvalue weighted by Gasteiger charge is -1.92. The van der Waals surface area contributed by atoms with Crippen LogP contribution >= 0.6 is 31.9 Å². The van der Waals surface area contributed by atoms with E-state index in [1.807, 2.05) is 0 Å². The van der Waals surface area contributed by atoms with Gasteiger partial charge in [-0.05, 0) is 25.7 Å². The summed E-state index contributed by atoms with van der Waals surface area (Å²) in [7, 11) is 0. The quantitative estimate of drug-likeness (QED) is 0.436. The van der Waals surface area contributed by atoms with Crippen molar-refractivity contribution in [3.8, 4) is 0 Å².